The van der Waals surface area contributed by atoms with Crippen LogP contribution in [0.3, 0.4) is 0 Å². The van der Waals surface area contributed by atoms with Crippen molar-refractivity contribution in [1.29, 1.82) is 0 Å². The van der Waals surface area contributed by atoms with Crippen LogP contribution in [-0.4, -0.2) is 80.8 Å². The number of primary sulfonamides is 1. The smallest absolute Gasteiger partial charge is 0.242 e. The fourth-order valence-electron chi connectivity index (χ4n) is 4.10. The second-order valence-electron chi connectivity index (χ2n) is 7.97. The molecule has 16 heteroatoms. The van der Waals surface area contributed by atoms with Gasteiger partial charge in [0.25, 0.3) is 0 Å². The molecule has 1 aromatic carbocycles. The Hall–Kier alpha value is -2.50. The van der Waals surface area contributed by atoms with E-state index in [2.05, 4.69) is 30.7 Å². The van der Waals surface area contributed by atoms with Crippen molar-refractivity contribution in [2.45, 2.75) is 35.1 Å². The number of nitrogens with one attached hydrogen (secondary N) is 3. The molecular formula is C17H24N8O6S2. The van der Waals surface area contributed by atoms with Gasteiger partial charge in [0.15, 0.2) is 0 Å². The minimum Gasteiger partial charge on any atom is -0.396 e. The first-order chi connectivity index (χ1) is 15.6. The van der Waals surface area contributed by atoms with Crippen LogP contribution in [0.25, 0.3) is 11.4 Å². The van der Waals surface area contributed by atoms with Crippen molar-refractivity contribution in [3.8, 4) is 11.4 Å². The molecule has 2 fully saturated rings. The number of amides is 1. The van der Waals surface area contributed by atoms with Gasteiger partial charge in [-0.15, -0.1) is 10.2 Å². The summed E-state index contributed by atoms with van der Waals surface area (Å²) in [7, 11) is -8.95. The molecule has 0 spiro atoms. The molecule has 2 aliphatic heterocycles. The highest BCUT2D eigenvalue weighted by molar-refractivity contribution is 7.92. The van der Waals surface area contributed by atoms with Gasteiger partial charge in [0.05, 0.1) is 11.3 Å². The Balaban J connectivity index is 1.91. The van der Waals surface area contributed by atoms with Crippen LogP contribution in [0.5, 0.6) is 0 Å². The first-order valence-electron chi connectivity index (χ1n) is 10.2. The van der Waals surface area contributed by atoms with Crippen LogP contribution in [-0.2, 0) is 24.8 Å². The van der Waals surface area contributed by atoms with E-state index < -0.39 is 35.9 Å². The number of benzene rings is 1. The van der Waals surface area contributed by atoms with Crippen LogP contribution in [0, 0.1) is 5.92 Å². The number of rotatable bonds is 7. The lowest BCUT2D eigenvalue weighted by Crippen LogP contribution is -2.40. The second kappa shape index (κ2) is 9.03. The largest absolute Gasteiger partial charge is 0.396 e. The summed E-state index contributed by atoms with van der Waals surface area (Å²) in [6, 6.07) is 2.02. The van der Waals surface area contributed by atoms with Gasteiger partial charge in [0.1, 0.15) is 9.79 Å². The van der Waals surface area contributed by atoms with Crippen molar-refractivity contribution in [2.24, 2.45) is 11.1 Å². The van der Waals surface area contributed by atoms with Gasteiger partial charge in [-0.05, 0) is 42.7 Å². The lowest BCUT2D eigenvalue weighted by atomic mass is 9.96. The number of hydrogen-bond donors (Lipinski definition) is 5. The Morgan fingerprint density at radius 1 is 1.24 bits per heavy atom. The van der Waals surface area contributed by atoms with E-state index in [1.54, 1.807) is 0 Å². The number of aromatic amines is 1. The fraction of sp³-hybridized carbons (Fsp3) is 0.529. The number of nitrogens with two attached hydrogens (primary N) is 1. The highest BCUT2D eigenvalue weighted by Gasteiger charge is 2.36. The second-order valence-corrected chi connectivity index (χ2v) is 11.1. The van der Waals surface area contributed by atoms with E-state index in [9.17, 15) is 26.7 Å². The Morgan fingerprint density at radius 2 is 2.03 bits per heavy atom. The number of nitrogens with zero attached hydrogens (tertiary/aromatic N) is 4. The van der Waals surface area contributed by atoms with E-state index in [1.165, 1.54) is 11.0 Å². The molecule has 33 heavy (non-hydrogen) atoms. The molecule has 2 aliphatic rings. The van der Waals surface area contributed by atoms with Crippen molar-refractivity contribution in [2.75, 3.05) is 31.1 Å². The zero-order valence-corrected chi connectivity index (χ0v) is 19.1. The summed E-state index contributed by atoms with van der Waals surface area (Å²) in [4.78, 5) is 12.8. The molecule has 1 aromatic heterocycles. The molecule has 2 atom stereocenters. The molecule has 2 saturated heterocycles. The number of tetrazole rings is 1. The van der Waals surface area contributed by atoms with Gasteiger partial charge in [-0.25, -0.2) is 26.7 Å². The van der Waals surface area contributed by atoms with Gasteiger partial charge in [-0.3, -0.25) is 4.79 Å². The molecule has 4 rings (SSSR count). The van der Waals surface area contributed by atoms with E-state index in [0.717, 1.165) is 6.07 Å². The van der Waals surface area contributed by atoms with E-state index >= 15 is 0 Å². The molecule has 2 aromatic rings. The Bertz CT molecular complexity index is 1240. The minimum atomic E-state index is -4.64. The number of piperidine rings is 1. The molecule has 2 unspecified atom stereocenters. The van der Waals surface area contributed by atoms with E-state index in [4.69, 9.17) is 5.14 Å². The summed E-state index contributed by atoms with van der Waals surface area (Å²) >= 11 is 0. The first kappa shape index (κ1) is 23.7. The lowest BCUT2D eigenvalue weighted by Gasteiger charge is -2.32. The zero-order chi connectivity index (χ0) is 23.8. The number of sulfonamides is 2. The zero-order valence-electron chi connectivity index (χ0n) is 17.4. The van der Waals surface area contributed by atoms with Crippen LogP contribution in [0.2, 0.25) is 0 Å². The van der Waals surface area contributed by atoms with Crippen molar-refractivity contribution in [3.05, 3.63) is 12.1 Å². The topological polar surface area (TPSA) is 213 Å². The van der Waals surface area contributed by atoms with Crippen molar-refractivity contribution >= 4 is 31.6 Å². The molecule has 0 saturated carbocycles. The average Bonchev–Trinajstić information content (AvgIpc) is 3.46. The van der Waals surface area contributed by atoms with Crippen LogP contribution < -0.4 is 20.1 Å². The van der Waals surface area contributed by atoms with Gasteiger partial charge < -0.3 is 15.3 Å². The SMILES string of the molecule is NS(=O)(=O)c1c(S(=O)(=O)NC2CCNC2)ccc(N2CCC(CO)CC2=O)c1-c1nn[nH]n1. The van der Waals surface area contributed by atoms with Crippen molar-refractivity contribution in [3.63, 3.8) is 0 Å². The predicted octanol–water partition coefficient (Wildman–Crippen LogP) is -2.11. The monoisotopic (exact) mass is 500 g/mol. The number of H-pyrrole nitrogens is 1. The quantitative estimate of drug-likeness (QED) is 0.279. The third-order valence-corrected chi connectivity index (χ3v) is 8.38. The number of aliphatic hydroxyl groups is 1. The number of carbonyl (C=O) groups is 1. The summed E-state index contributed by atoms with van der Waals surface area (Å²) in [5, 5.41) is 31.2. The van der Waals surface area contributed by atoms with Crippen LogP contribution in [0.1, 0.15) is 19.3 Å². The maximum absolute atomic E-state index is 13.2. The maximum atomic E-state index is 13.2. The minimum absolute atomic E-state index is 0.0448. The average molecular weight is 501 g/mol. The number of aliphatic hydroxyl groups excluding tert-OH is 1. The maximum Gasteiger partial charge on any atom is 0.242 e. The molecule has 0 aliphatic carbocycles. The molecule has 14 nitrogen and oxygen atoms in total. The first-order valence-corrected chi connectivity index (χ1v) is 13.2. The van der Waals surface area contributed by atoms with Crippen molar-refractivity contribution < 1.29 is 26.7 Å². The molecule has 0 bridgehead atoms. The summed E-state index contributed by atoms with van der Waals surface area (Å²) in [5.74, 6) is -0.814. The van der Waals surface area contributed by atoms with Gasteiger partial charge >= 0.3 is 0 Å². The Kier molecular flexibility index (Phi) is 6.47. The molecule has 180 valence electrons. The summed E-state index contributed by atoms with van der Waals surface area (Å²) in [5.41, 5.74) is -0.155. The van der Waals surface area contributed by atoms with Gasteiger partial charge in [0, 0.05) is 32.2 Å². The number of hydrogen-bond acceptors (Lipinski definition) is 10. The number of anilines is 1. The predicted molar refractivity (Wildman–Crippen MR) is 115 cm³/mol. The molecule has 0 radical (unpaired) electrons. The molecular weight excluding hydrogens is 476 g/mol. The summed E-state index contributed by atoms with van der Waals surface area (Å²) in [6.45, 7) is 1.04. The number of carbonyl (C=O) groups excluding carboxylic acids is 1. The van der Waals surface area contributed by atoms with E-state index in [-0.39, 0.29) is 48.5 Å². The highest BCUT2D eigenvalue weighted by atomic mass is 32.2. The van der Waals surface area contributed by atoms with E-state index in [0.29, 0.717) is 25.9 Å². The summed E-state index contributed by atoms with van der Waals surface area (Å²) in [6.07, 6.45) is 1.05. The van der Waals surface area contributed by atoms with Crippen molar-refractivity contribution in [1.82, 2.24) is 30.7 Å². The Labute approximate surface area is 190 Å². The molecule has 3 heterocycles. The lowest BCUT2D eigenvalue weighted by molar-refractivity contribution is -0.121. The molecule has 1 amide bonds. The normalized spacial score (nSPS) is 22.1. The van der Waals surface area contributed by atoms with E-state index in [1.807, 2.05) is 0 Å². The molecule has 6 N–H and O–H groups in total. The highest BCUT2D eigenvalue weighted by Crippen LogP contribution is 2.39. The third-order valence-electron chi connectivity index (χ3n) is 5.70. The van der Waals surface area contributed by atoms with Gasteiger partial charge in [-0.1, -0.05) is 0 Å². The number of aromatic nitrogens is 4. The standard InChI is InChI=1S/C17H24N8O6S2/c18-32(28,29)16-13(33(30,31)22-11-3-5-19-8-11)2-1-12(15(16)17-20-23-24-21-17)25-6-4-10(9-26)7-14(25)27/h1-2,10-11,19,22,26H,3-9H2,(H2,18,28,29)(H,20,21,23,24). The van der Waals surface area contributed by atoms with Gasteiger partial charge in [-0.2, -0.15) is 5.21 Å². The summed E-state index contributed by atoms with van der Waals surface area (Å²) < 4.78 is 54.3. The van der Waals surface area contributed by atoms with Gasteiger partial charge in [0.2, 0.25) is 31.8 Å². The van der Waals surface area contributed by atoms with Crippen LogP contribution in [0.4, 0.5) is 5.69 Å². The van der Waals surface area contributed by atoms with Crippen LogP contribution in [0.15, 0.2) is 21.9 Å². The fourth-order valence-corrected chi connectivity index (χ4v) is 6.97. The Morgan fingerprint density at radius 3 is 2.61 bits per heavy atom. The third kappa shape index (κ3) is 4.75. The van der Waals surface area contributed by atoms with Crippen LogP contribution >= 0.6 is 0 Å².